The van der Waals surface area contributed by atoms with Crippen LogP contribution in [0.5, 0.6) is 0 Å². The lowest BCUT2D eigenvalue weighted by Gasteiger charge is -1.94. The zero-order chi connectivity index (χ0) is 10.1. The Bertz CT molecular complexity index is 506. The average molecular weight is 184 g/mol. The van der Waals surface area contributed by atoms with Crippen LogP contribution in [0.3, 0.4) is 0 Å². The number of hydrogen-bond acceptors (Lipinski definition) is 1. The maximum absolute atomic E-state index is 5.72. The molecule has 3 N–H and O–H groups in total. The monoisotopic (exact) mass is 184 g/mol. The molecule has 0 saturated carbocycles. The molecule has 0 radical (unpaired) electrons. The van der Waals surface area contributed by atoms with Gasteiger partial charge in [0.05, 0.1) is 0 Å². The van der Waals surface area contributed by atoms with E-state index in [0.717, 1.165) is 27.8 Å². The van der Waals surface area contributed by atoms with Gasteiger partial charge in [0.25, 0.3) is 0 Å². The lowest BCUT2D eigenvalue weighted by Crippen LogP contribution is -1.82. The lowest BCUT2D eigenvalue weighted by atomic mass is 10.1. The van der Waals surface area contributed by atoms with Crippen LogP contribution in [-0.4, -0.2) is 4.98 Å². The number of fused-ring (bicyclic) bond motifs is 1. The summed E-state index contributed by atoms with van der Waals surface area (Å²) in [5.74, 6) is 0. The van der Waals surface area contributed by atoms with Gasteiger partial charge in [-0.2, -0.15) is 0 Å². The normalized spacial score (nSPS) is 10.3. The Hall–Kier alpha value is -1.96. The predicted octanol–water partition coefficient (Wildman–Crippen LogP) is 3.04. The van der Waals surface area contributed by atoms with Gasteiger partial charge in [-0.05, 0) is 24.3 Å². The molecule has 0 saturated heterocycles. The molecule has 2 heteroatoms. The van der Waals surface area contributed by atoms with Gasteiger partial charge in [0, 0.05) is 27.8 Å². The number of aromatic nitrogens is 1. The third-order valence-electron chi connectivity index (χ3n) is 2.30. The van der Waals surface area contributed by atoms with Crippen molar-refractivity contribution in [3.63, 3.8) is 0 Å². The molecule has 14 heavy (non-hydrogen) atoms. The first-order chi connectivity index (χ1) is 6.76. The highest BCUT2D eigenvalue weighted by Crippen LogP contribution is 2.25. The summed E-state index contributed by atoms with van der Waals surface area (Å²) >= 11 is 0. The Labute approximate surface area is 82.7 Å². The van der Waals surface area contributed by atoms with Gasteiger partial charge in [-0.3, -0.25) is 0 Å². The van der Waals surface area contributed by atoms with Crippen LogP contribution in [0.2, 0.25) is 0 Å². The molecule has 2 nitrogen and oxygen atoms in total. The van der Waals surface area contributed by atoms with E-state index in [2.05, 4.69) is 18.1 Å². The molecule has 1 aromatic carbocycles. The SMILES string of the molecule is C=Cc1[nH]c2ccc(N)cc2c1C=C. The Morgan fingerprint density at radius 1 is 1.21 bits per heavy atom. The van der Waals surface area contributed by atoms with E-state index in [-0.39, 0.29) is 0 Å². The number of anilines is 1. The van der Waals surface area contributed by atoms with Gasteiger partial charge in [-0.15, -0.1) is 0 Å². The molecule has 0 atom stereocenters. The first-order valence-corrected chi connectivity index (χ1v) is 4.42. The fraction of sp³-hybridized carbons (Fsp3) is 0. The Morgan fingerprint density at radius 2 is 2.00 bits per heavy atom. The molecule has 2 rings (SSSR count). The van der Waals surface area contributed by atoms with Gasteiger partial charge in [0.2, 0.25) is 0 Å². The quantitative estimate of drug-likeness (QED) is 0.692. The van der Waals surface area contributed by atoms with Crippen molar-refractivity contribution in [1.29, 1.82) is 0 Å². The summed E-state index contributed by atoms with van der Waals surface area (Å²) in [7, 11) is 0. The third-order valence-corrected chi connectivity index (χ3v) is 2.30. The summed E-state index contributed by atoms with van der Waals surface area (Å²) in [6.07, 6.45) is 3.60. The highest BCUT2D eigenvalue weighted by molar-refractivity contribution is 5.94. The molecule has 0 spiro atoms. The van der Waals surface area contributed by atoms with Crippen LogP contribution in [0, 0.1) is 0 Å². The summed E-state index contributed by atoms with van der Waals surface area (Å²) in [4.78, 5) is 3.25. The van der Waals surface area contributed by atoms with E-state index in [1.807, 2.05) is 24.3 Å². The van der Waals surface area contributed by atoms with Crippen LogP contribution in [0.4, 0.5) is 5.69 Å². The number of benzene rings is 1. The Morgan fingerprint density at radius 3 is 2.64 bits per heavy atom. The van der Waals surface area contributed by atoms with E-state index >= 15 is 0 Å². The molecule has 70 valence electrons. The van der Waals surface area contributed by atoms with Crippen molar-refractivity contribution in [1.82, 2.24) is 4.98 Å². The second kappa shape index (κ2) is 3.07. The van der Waals surface area contributed by atoms with Gasteiger partial charge >= 0.3 is 0 Å². The molecule has 2 aromatic rings. The van der Waals surface area contributed by atoms with Crippen LogP contribution in [0.15, 0.2) is 31.4 Å². The maximum atomic E-state index is 5.72. The summed E-state index contributed by atoms with van der Waals surface area (Å²) in [6, 6.07) is 5.78. The molecule has 0 unspecified atom stereocenters. The van der Waals surface area contributed by atoms with Crippen LogP contribution in [-0.2, 0) is 0 Å². The van der Waals surface area contributed by atoms with Crippen molar-refractivity contribution < 1.29 is 0 Å². The minimum absolute atomic E-state index is 0.759. The van der Waals surface area contributed by atoms with E-state index in [1.165, 1.54) is 0 Å². The van der Waals surface area contributed by atoms with E-state index in [9.17, 15) is 0 Å². The molecule has 0 aliphatic carbocycles. The molecular formula is C12H12N2. The number of nitrogens with one attached hydrogen (secondary N) is 1. The second-order valence-electron chi connectivity index (χ2n) is 3.17. The van der Waals surface area contributed by atoms with Crippen molar-refractivity contribution in [2.24, 2.45) is 0 Å². The Kier molecular flexibility index (Phi) is 1.89. The molecule has 1 aromatic heterocycles. The first kappa shape index (κ1) is 8.63. The summed E-state index contributed by atoms with van der Waals surface area (Å²) in [5, 5.41) is 1.09. The Balaban J connectivity index is 2.87. The second-order valence-corrected chi connectivity index (χ2v) is 3.17. The number of hydrogen-bond donors (Lipinski definition) is 2. The molecule has 0 bridgehead atoms. The molecule has 0 amide bonds. The molecular weight excluding hydrogens is 172 g/mol. The average Bonchev–Trinajstić information content (AvgIpc) is 2.54. The summed E-state index contributed by atoms with van der Waals surface area (Å²) in [6.45, 7) is 7.53. The maximum Gasteiger partial charge on any atom is 0.0466 e. The van der Waals surface area contributed by atoms with Gasteiger partial charge in [-0.1, -0.05) is 19.2 Å². The van der Waals surface area contributed by atoms with Gasteiger partial charge in [-0.25, -0.2) is 0 Å². The summed E-state index contributed by atoms with van der Waals surface area (Å²) < 4.78 is 0. The fourth-order valence-electron chi connectivity index (χ4n) is 1.63. The standard InChI is InChI=1S/C12H12N2/c1-3-9-10-7-8(13)5-6-12(10)14-11(9)4-2/h3-7,14H,1-2,13H2. The molecule has 0 fully saturated rings. The van der Waals surface area contributed by atoms with Crippen LogP contribution >= 0.6 is 0 Å². The zero-order valence-corrected chi connectivity index (χ0v) is 7.88. The minimum atomic E-state index is 0.759. The van der Waals surface area contributed by atoms with Crippen molar-refractivity contribution >= 4 is 28.7 Å². The summed E-state index contributed by atoms with van der Waals surface area (Å²) in [5.41, 5.74) is 9.59. The van der Waals surface area contributed by atoms with Gasteiger partial charge < -0.3 is 10.7 Å². The molecule has 1 heterocycles. The number of aromatic amines is 1. The van der Waals surface area contributed by atoms with E-state index in [1.54, 1.807) is 6.08 Å². The van der Waals surface area contributed by atoms with Gasteiger partial charge in [0.1, 0.15) is 0 Å². The zero-order valence-electron chi connectivity index (χ0n) is 7.88. The van der Waals surface area contributed by atoms with E-state index < -0.39 is 0 Å². The van der Waals surface area contributed by atoms with E-state index in [0.29, 0.717) is 0 Å². The fourth-order valence-corrected chi connectivity index (χ4v) is 1.63. The van der Waals surface area contributed by atoms with Crippen LogP contribution in [0.1, 0.15) is 11.3 Å². The van der Waals surface area contributed by atoms with Crippen molar-refractivity contribution in [2.75, 3.05) is 5.73 Å². The van der Waals surface area contributed by atoms with Crippen molar-refractivity contribution in [2.45, 2.75) is 0 Å². The predicted molar refractivity (Wildman–Crippen MR) is 62.9 cm³/mol. The highest BCUT2D eigenvalue weighted by atomic mass is 14.7. The third kappa shape index (κ3) is 1.12. The first-order valence-electron chi connectivity index (χ1n) is 4.42. The molecule has 0 aliphatic heterocycles. The smallest absolute Gasteiger partial charge is 0.0466 e. The van der Waals surface area contributed by atoms with E-state index in [4.69, 9.17) is 5.73 Å². The number of nitrogens with two attached hydrogens (primary N) is 1. The van der Waals surface area contributed by atoms with Crippen LogP contribution < -0.4 is 5.73 Å². The topological polar surface area (TPSA) is 41.8 Å². The largest absolute Gasteiger partial charge is 0.399 e. The van der Waals surface area contributed by atoms with Gasteiger partial charge in [0.15, 0.2) is 0 Å². The molecule has 0 aliphatic rings. The number of H-pyrrole nitrogens is 1. The van der Waals surface area contributed by atoms with Crippen LogP contribution in [0.25, 0.3) is 23.1 Å². The minimum Gasteiger partial charge on any atom is -0.399 e. The highest BCUT2D eigenvalue weighted by Gasteiger charge is 2.05. The number of nitrogen functional groups attached to an aromatic ring is 1. The van der Waals surface area contributed by atoms with Crippen molar-refractivity contribution in [3.05, 3.63) is 42.6 Å². The van der Waals surface area contributed by atoms with Crippen molar-refractivity contribution in [3.8, 4) is 0 Å². The number of rotatable bonds is 2. The lowest BCUT2D eigenvalue weighted by molar-refractivity contribution is 1.43.